The number of hydrogen-bond donors (Lipinski definition) is 0. The highest BCUT2D eigenvalue weighted by atomic mass is 15.0. The van der Waals surface area contributed by atoms with Crippen LogP contribution in [0.15, 0.2) is 206 Å². The van der Waals surface area contributed by atoms with Gasteiger partial charge in [-0.2, -0.15) is 0 Å². The summed E-state index contributed by atoms with van der Waals surface area (Å²) in [6, 6.07) is 76.5. The van der Waals surface area contributed by atoms with Gasteiger partial charge in [-0.25, -0.2) is 0 Å². The van der Waals surface area contributed by atoms with E-state index in [1.54, 1.807) is 0 Å². The van der Waals surface area contributed by atoms with E-state index in [0.717, 1.165) is 5.69 Å². The largest absolute Gasteiger partial charge is 0.309 e. The predicted octanol–water partition coefficient (Wildman–Crippen LogP) is 15.2. The van der Waals surface area contributed by atoms with Gasteiger partial charge in [0.2, 0.25) is 0 Å². The fourth-order valence-corrected chi connectivity index (χ4v) is 9.90. The van der Waals surface area contributed by atoms with E-state index >= 15 is 0 Å². The summed E-state index contributed by atoms with van der Waals surface area (Å²) in [7, 11) is 0. The Hall–Kier alpha value is -7.68. The summed E-state index contributed by atoms with van der Waals surface area (Å²) >= 11 is 0. The molecule has 12 aromatic rings. The van der Waals surface area contributed by atoms with E-state index in [1.807, 2.05) is 0 Å². The fraction of sp³-hybridized carbons (Fsp3) is 0. The van der Waals surface area contributed by atoms with Gasteiger partial charge in [0.1, 0.15) is 0 Å². The molecule has 0 fully saturated rings. The second-order valence-electron chi connectivity index (χ2n) is 15.7. The van der Waals surface area contributed by atoms with Gasteiger partial charge >= 0.3 is 0 Å². The Morgan fingerprint density at radius 1 is 0.259 bits per heavy atom. The molecule has 0 aliphatic carbocycles. The quantitative estimate of drug-likeness (QED) is 0.171. The van der Waals surface area contributed by atoms with Gasteiger partial charge in [-0.3, -0.25) is 0 Å². The van der Waals surface area contributed by atoms with Crippen molar-refractivity contribution in [2.45, 2.75) is 0 Å². The summed E-state index contributed by atoms with van der Waals surface area (Å²) in [6.45, 7) is 0. The van der Waals surface area contributed by atoms with Crippen LogP contribution in [0.3, 0.4) is 0 Å². The molecule has 58 heavy (non-hydrogen) atoms. The van der Waals surface area contributed by atoms with Gasteiger partial charge in [-0.1, -0.05) is 140 Å². The summed E-state index contributed by atoms with van der Waals surface area (Å²) in [5, 5.41) is 10.1. The van der Waals surface area contributed by atoms with E-state index in [9.17, 15) is 0 Å². The Balaban J connectivity index is 1.01. The second kappa shape index (κ2) is 11.9. The molecule has 268 valence electrons. The van der Waals surface area contributed by atoms with Crippen molar-refractivity contribution in [1.29, 1.82) is 0 Å². The lowest BCUT2D eigenvalue weighted by Crippen LogP contribution is -1.96. The topological polar surface area (TPSA) is 9.86 Å². The van der Waals surface area contributed by atoms with Crippen molar-refractivity contribution in [2.75, 3.05) is 0 Å². The molecule has 2 aromatic heterocycles. The Bertz CT molecular complexity index is 3670. The summed E-state index contributed by atoms with van der Waals surface area (Å²) in [5.41, 5.74) is 17.2. The number of fused-ring (bicyclic) bond motifs is 13. The predicted molar refractivity (Wildman–Crippen MR) is 245 cm³/mol. The van der Waals surface area contributed by atoms with Gasteiger partial charge in [-0.15, -0.1) is 0 Å². The highest BCUT2D eigenvalue weighted by Crippen LogP contribution is 2.49. The minimum Gasteiger partial charge on any atom is -0.309 e. The average molecular weight is 735 g/mol. The lowest BCUT2D eigenvalue weighted by molar-refractivity contribution is 1.18. The summed E-state index contributed by atoms with van der Waals surface area (Å²) in [5.74, 6) is 0. The first-order chi connectivity index (χ1) is 28.7. The first-order valence-corrected chi connectivity index (χ1v) is 20.1. The summed E-state index contributed by atoms with van der Waals surface area (Å²) < 4.78 is 4.94. The monoisotopic (exact) mass is 734 g/mol. The zero-order chi connectivity index (χ0) is 37.9. The Morgan fingerprint density at radius 3 is 1.57 bits per heavy atom. The molecule has 2 nitrogen and oxygen atoms in total. The molecule has 13 rings (SSSR count). The SMILES string of the molecule is c1ccc2c(c1)-c1cc3ccccc3cc1-n1c3ccccc3c3cc(-c4ccc5c(c4)c4ccccc4n5-c4ccc(-c5ccc6ccccc6c5)cc4)cc-2c31. The lowest BCUT2D eigenvalue weighted by atomic mass is 9.90. The number of nitrogens with zero attached hydrogens (tertiary/aromatic N) is 2. The van der Waals surface area contributed by atoms with Crippen molar-refractivity contribution >= 4 is 65.2 Å². The smallest absolute Gasteiger partial charge is 0.0620 e. The molecule has 0 saturated heterocycles. The first kappa shape index (κ1) is 31.5. The van der Waals surface area contributed by atoms with Crippen LogP contribution in [0.4, 0.5) is 0 Å². The highest BCUT2D eigenvalue weighted by Gasteiger charge is 2.26. The van der Waals surface area contributed by atoms with Crippen molar-refractivity contribution in [3.05, 3.63) is 206 Å². The van der Waals surface area contributed by atoms with E-state index < -0.39 is 0 Å². The first-order valence-electron chi connectivity index (χ1n) is 20.1. The van der Waals surface area contributed by atoms with Crippen LogP contribution in [-0.2, 0) is 0 Å². The molecule has 1 aliphatic heterocycles. The fourth-order valence-electron chi connectivity index (χ4n) is 9.90. The molecular formula is C56H34N2. The number of hydrogen-bond acceptors (Lipinski definition) is 0. The zero-order valence-corrected chi connectivity index (χ0v) is 31.5. The Labute approximate surface area is 335 Å². The maximum atomic E-state index is 2.52. The van der Waals surface area contributed by atoms with E-state index in [-0.39, 0.29) is 0 Å². The third kappa shape index (κ3) is 4.48. The van der Waals surface area contributed by atoms with Crippen LogP contribution in [0, 0.1) is 0 Å². The summed E-state index contributed by atoms with van der Waals surface area (Å²) in [6.07, 6.45) is 0. The van der Waals surface area contributed by atoms with Crippen molar-refractivity contribution < 1.29 is 0 Å². The van der Waals surface area contributed by atoms with Crippen LogP contribution in [0.5, 0.6) is 0 Å². The third-order valence-electron chi connectivity index (χ3n) is 12.6. The third-order valence-corrected chi connectivity index (χ3v) is 12.6. The molecule has 0 amide bonds. The lowest BCUT2D eigenvalue weighted by Gasteiger charge is -2.14. The van der Waals surface area contributed by atoms with Crippen molar-refractivity contribution in [3.8, 4) is 55.9 Å². The highest BCUT2D eigenvalue weighted by molar-refractivity contribution is 6.19. The Kier molecular flexibility index (Phi) is 6.47. The average Bonchev–Trinajstić information content (AvgIpc) is 3.77. The molecule has 0 spiro atoms. The van der Waals surface area contributed by atoms with Crippen molar-refractivity contribution in [1.82, 2.24) is 9.13 Å². The maximum absolute atomic E-state index is 2.52. The molecule has 3 heterocycles. The summed E-state index contributed by atoms with van der Waals surface area (Å²) in [4.78, 5) is 0. The van der Waals surface area contributed by atoms with E-state index in [2.05, 4.69) is 215 Å². The van der Waals surface area contributed by atoms with Crippen molar-refractivity contribution in [2.24, 2.45) is 0 Å². The van der Waals surface area contributed by atoms with Crippen LogP contribution in [0.25, 0.3) is 121 Å². The van der Waals surface area contributed by atoms with Gasteiger partial charge in [0.25, 0.3) is 0 Å². The van der Waals surface area contributed by atoms with Crippen LogP contribution < -0.4 is 0 Å². The minimum atomic E-state index is 1.15. The van der Waals surface area contributed by atoms with Crippen LogP contribution in [0.2, 0.25) is 0 Å². The van der Waals surface area contributed by atoms with E-state index in [1.165, 1.54) is 115 Å². The second-order valence-corrected chi connectivity index (χ2v) is 15.7. The molecule has 10 aromatic carbocycles. The maximum Gasteiger partial charge on any atom is 0.0620 e. The standard InChI is InChI=1S/C56H34N2/c1-2-12-37-29-40(22-21-35(37)11-1)36-23-26-43(27-24-36)57-52-19-9-7-17-46(52)49-31-41(25-28-54(49)57)42-32-50-45-16-6-5-15-44(45)48-30-38-13-3-4-14-39(38)34-55(48)58-53-20-10-8-18-47(53)51(33-42)56(50)58/h1-34H. The number of para-hydroxylation sites is 2. The van der Waals surface area contributed by atoms with Gasteiger partial charge in [0.15, 0.2) is 0 Å². The molecule has 0 bridgehead atoms. The molecule has 0 unspecified atom stereocenters. The molecule has 0 radical (unpaired) electrons. The van der Waals surface area contributed by atoms with Crippen LogP contribution in [-0.4, -0.2) is 9.13 Å². The number of rotatable bonds is 3. The van der Waals surface area contributed by atoms with Gasteiger partial charge < -0.3 is 9.13 Å². The zero-order valence-electron chi connectivity index (χ0n) is 31.5. The number of aromatic nitrogens is 2. The van der Waals surface area contributed by atoms with Crippen LogP contribution in [0.1, 0.15) is 0 Å². The molecule has 2 heteroatoms. The van der Waals surface area contributed by atoms with Gasteiger partial charge in [-0.05, 0) is 122 Å². The Morgan fingerprint density at radius 2 is 0.793 bits per heavy atom. The molecule has 0 saturated carbocycles. The molecule has 0 N–H and O–H groups in total. The van der Waals surface area contributed by atoms with Gasteiger partial charge in [0, 0.05) is 38.4 Å². The molecule has 0 atom stereocenters. The van der Waals surface area contributed by atoms with E-state index in [0.29, 0.717) is 0 Å². The van der Waals surface area contributed by atoms with Crippen LogP contribution >= 0.6 is 0 Å². The number of benzene rings is 10. The van der Waals surface area contributed by atoms with Gasteiger partial charge in [0.05, 0.1) is 27.8 Å². The van der Waals surface area contributed by atoms with E-state index in [4.69, 9.17) is 0 Å². The van der Waals surface area contributed by atoms with Crippen molar-refractivity contribution in [3.63, 3.8) is 0 Å². The minimum absolute atomic E-state index is 1.15. The normalized spacial score (nSPS) is 12.1. The molecular weight excluding hydrogens is 701 g/mol. The molecule has 1 aliphatic rings.